The fraction of sp³-hybridized carbons (Fsp3) is 0.0588. The molecule has 1 aromatic carbocycles. The van der Waals surface area contributed by atoms with E-state index in [4.69, 9.17) is 4.74 Å². The Labute approximate surface area is 151 Å². The molecule has 0 fully saturated rings. The Bertz CT molecular complexity index is 1320. The third-order valence-electron chi connectivity index (χ3n) is 4.29. The standard InChI is InChI=1S/C17H12N8O2/c1-27-12-4-2-11(3-5-12)15-21-17-18-8-13-14(25(17)22-15)6-7-24(16(13)26)23-9-19-20-10-23/h2-10H,1H3/p+1. The van der Waals surface area contributed by atoms with Crippen LogP contribution in [0, 0.1) is 0 Å². The molecule has 5 rings (SSSR count). The van der Waals surface area contributed by atoms with Crippen molar-refractivity contribution in [1.82, 2.24) is 34.6 Å². The lowest BCUT2D eigenvalue weighted by molar-refractivity contribution is -0.550. The molecule has 1 N–H and O–H groups in total. The van der Waals surface area contributed by atoms with Gasteiger partial charge in [-0.3, -0.25) is 4.79 Å². The molecule has 132 valence electrons. The normalized spacial score (nSPS) is 11.3. The fourth-order valence-corrected chi connectivity index (χ4v) is 2.92. The van der Waals surface area contributed by atoms with Crippen molar-refractivity contribution in [3.63, 3.8) is 0 Å². The van der Waals surface area contributed by atoms with Gasteiger partial charge in [0.05, 0.1) is 7.11 Å². The average Bonchev–Trinajstić information content (AvgIpc) is 3.38. The number of hydrogen-bond acceptors (Lipinski definition) is 6. The Morgan fingerprint density at radius 2 is 1.89 bits per heavy atom. The van der Waals surface area contributed by atoms with Gasteiger partial charge in [0.15, 0.2) is 0 Å². The molecule has 0 spiro atoms. The van der Waals surface area contributed by atoms with Crippen LogP contribution in [0.1, 0.15) is 0 Å². The van der Waals surface area contributed by atoms with Crippen LogP contribution in [0.4, 0.5) is 0 Å². The first-order valence-electron chi connectivity index (χ1n) is 8.06. The molecule has 27 heavy (non-hydrogen) atoms. The van der Waals surface area contributed by atoms with Crippen LogP contribution in [0.5, 0.6) is 5.75 Å². The first-order chi connectivity index (χ1) is 13.2. The number of aromatic amines is 1. The number of pyridine rings is 1. The summed E-state index contributed by atoms with van der Waals surface area (Å²) in [6.45, 7) is 0. The van der Waals surface area contributed by atoms with Crippen LogP contribution >= 0.6 is 0 Å². The van der Waals surface area contributed by atoms with E-state index >= 15 is 0 Å². The topological polar surface area (TPSA) is 108 Å². The van der Waals surface area contributed by atoms with Gasteiger partial charge in [-0.25, -0.2) is 14.5 Å². The summed E-state index contributed by atoms with van der Waals surface area (Å²) in [6.07, 6.45) is 6.06. The maximum absolute atomic E-state index is 12.8. The first-order valence-corrected chi connectivity index (χ1v) is 8.06. The Balaban J connectivity index is 1.69. The van der Waals surface area contributed by atoms with Gasteiger partial charge in [-0.1, -0.05) is 4.98 Å². The monoisotopic (exact) mass is 361 g/mol. The zero-order chi connectivity index (χ0) is 18.4. The highest BCUT2D eigenvalue weighted by molar-refractivity contribution is 5.74. The number of ether oxygens (including phenoxy) is 1. The minimum absolute atomic E-state index is 0.241. The number of aromatic nitrogens is 8. The van der Waals surface area contributed by atoms with E-state index in [9.17, 15) is 4.79 Å². The summed E-state index contributed by atoms with van der Waals surface area (Å²) in [5.41, 5.74) is 1.31. The van der Waals surface area contributed by atoms with Gasteiger partial charge in [0, 0.05) is 11.8 Å². The molecule has 4 aromatic heterocycles. The summed E-state index contributed by atoms with van der Waals surface area (Å²) in [7, 11) is 1.62. The molecule has 0 saturated carbocycles. The van der Waals surface area contributed by atoms with Gasteiger partial charge >= 0.3 is 5.78 Å². The van der Waals surface area contributed by atoms with Crippen molar-refractivity contribution in [2.45, 2.75) is 0 Å². The van der Waals surface area contributed by atoms with Gasteiger partial charge < -0.3 is 4.74 Å². The Morgan fingerprint density at radius 1 is 1.11 bits per heavy atom. The van der Waals surface area contributed by atoms with Crippen LogP contribution in [0.15, 0.2) is 60.2 Å². The lowest BCUT2D eigenvalue weighted by atomic mass is 10.2. The summed E-state index contributed by atoms with van der Waals surface area (Å²) < 4.78 is 9.76. The third kappa shape index (κ3) is 2.34. The van der Waals surface area contributed by atoms with E-state index in [0.29, 0.717) is 22.5 Å². The molecular weight excluding hydrogens is 348 g/mol. The summed E-state index contributed by atoms with van der Waals surface area (Å²) in [5.74, 6) is 1.87. The number of nitrogens with one attached hydrogen (secondary N) is 1. The minimum Gasteiger partial charge on any atom is -0.497 e. The number of fused-ring (bicyclic) bond motifs is 3. The number of hydrogen-bond donors (Lipinski definition) is 1. The molecule has 5 aromatic rings. The molecule has 0 amide bonds. The number of H-pyrrole nitrogens is 1. The van der Waals surface area contributed by atoms with Crippen LogP contribution in [0.25, 0.3) is 28.1 Å². The van der Waals surface area contributed by atoms with Crippen LogP contribution in [0.2, 0.25) is 0 Å². The van der Waals surface area contributed by atoms with Crippen LogP contribution in [-0.4, -0.2) is 41.7 Å². The minimum atomic E-state index is -0.241. The van der Waals surface area contributed by atoms with Crippen molar-refractivity contribution in [2.75, 3.05) is 7.11 Å². The van der Waals surface area contributed by atoms with E-state index in [1.807, 2.05) is 24.3 Å². The molecular formula is C17H13N8O2+. The van der Waals surface area contributed by atoms with Crippen molar-refractivity contribution in [3.8, 4) is 17.1 Å². The highest BCUT2D eigenvalue weighted by atomic mass is 16.5. The van der Waals surface area contributed by atoms with E-state index in [1.54, 1.807) is 23.9 Å². The Kier molecular flexibility index (Phi) is 3.22. The highest BCUT2D eigenvalue weighted by Gasteiger charge is 2.19. The van der Waals surface area contributed by atoms with Gasteiger partial charge in [-0.2, -0.15) is 0 Å². The van der Waals surface area contributed by atoms with Crippen molar-refractivity contribution in [2.24, 2.45) is 0 Å². The van der Waals surface area contributed by atoms with Crippen LogP contribution in [0.3, 0.4) is 0 Å². The summed E-state index contributed by atoms with van der Waals surface area (Å²) in [5, 5.41) is 11.1. The average molecular weight is 361 g/mol. The molecule has 0 radical (unpaired) electrons. The summed E-state index contributed by atoms with van der Waals surface area (Å²) in [4.78, 5) is 21.6. The molecule has 0 unspecified atom stereocenters. The molecule has 0 aliphatic heterocycles. The van der Waals surface area contributed by atoms with Gasteiger partial charge in [0.25, 0.3) is 5.56 Å². The van der Waals surface area contributed by atoms with Crippen LogP contribution in [-0.2, 0) is 0 Å². The molecule has 0 atom stereocenters. The maximum Gasteiger partial charge on any atom is 0.457 e. The summed E-state index contributed by atoms with van der Waals surface area (Å²) >= 11 is 0. The largest absolute Gasteiger partial charge is 0.497 e. The van der Waals surface area contributed by atoms with Crippen molar-refractivity contribution in [3.05, 3.63) is 65.7 Å². The molecule has 0 bridgehead atoms. The lowest BCUT2D eigenvalue weighted by Crippen LogP contribution is -2.31. The van der Waals surface area contributed by atoms with E-state index in [2.05, 4.69) is 25.3 Å². The zero-order valence-corrected chi connectivity index (χ0v) is 14.1. The first kappa shape index (κ1) is 15.2. The highest BCUT2D eigenvalue weighted by Crippen LogP contribution is 2.19. The molecule has 4 heterocycles. The van der Waals surface area contributed by atoms with Crippen molar-refractivity contribution < 1.29 is 9.25 Å². The second kappa shape index (κ2) is 5.73. The number of methoxy groups -OCH3 is 1. The maximum atomic E-state index is 12.8. The Morgan fingerprint density at radius 3 is 2.63 bits per heavy atom. The van der Waals surface area contributed by atoms with Crippen LogP contribution < -0.4 is 14.8 Å². The van der Waals surface area contributed by atoms with E-state index in [0.717, 1.165) is 11.3 Å². The van der Waals surface area contributed by atoms with E-state index < -0.39 is 0 Å². The molecule has 10 nitrogen and oxygen atoms in total. The molecule has 10 heteroatoms. The van der Waals surface area contributed by atoms with Gasteiger partial charge in [0.2, 0.25) is 5.82 Å². The Hall–Kier alpha value is -4.08. The predicted molar refractivity (Wildman–Crippen MR) is 94.1 cm³/mol. The second-order valence-electron chi connectivity index (χ2n) is 5.80. The molecule has 0 aliphatic carbocycles. The van der Waals surface area contributed by atoms with Gasteiger partial charge in [-0.15, -0.1) is 14.7 Å². The summed E-state index contributed by atoms with van der Waals surface area (Å²) in [6, 6.07) is 9.32. The molecule has 0 saturated heterocycles. The lowest BCUT2D eigenvalue weighted by Gasteiger charge is -2.04. The molecule has 0 aliphatic rings. The van der Waals surface area contributed by atoms with Crippen molar-refractivity contribution >= 4 is 16.7 Å². The SMILES string of the molecule is COc1ccc(-c2nc3ncc4c(=O)n(-n5cnnc5)ccc4[n+]3[nH]2)cc1. The van der Waals surface area contributed by atoms with E-state index in [1.165, 1.54) is 28.2 Å². The van der Waals surface area contributed by atoms with Gasteiger partial charge in [-0.05, 0) is 35.3 Å². The predicted octanol–water partition coefficient (Wildman–Crippen LogP) is 0.437. The van der Waals surface area contributed by atoms with E-state index in [-0.39, 0.29) is 5.56 Å². The fourth-order valence-electron chi connectivity index (χ4n) is 2.92. The second-order valence-corrected chi connectivity index (χ2v) is 5.80. The third-order valence-corrected chi connectivity index (χ3v) is 4.29. The smallest absolute Gasteiger partial charge is 0.457 e. The zero-order valence-electron chi connectivity index (χ0n) is 14.1. The van der Waals surface area contributed by atoms with Gasteiger partial charge in [0.1, 0.15) is 35.5 Å². The number of benzene rings is 1. The van der Waals surface area contributed by atoms with Crippen molar-refractivity contribution in [1.29, 1.82) is 0 Å². The number of rotatable bonds is 3. The number of nitrogens with zero attached hydrogens (tertiary/aromatic N) is 7. The quantitative estimate of drug-likeness (QED) is 0.467.